The molecule has 3 aromatic rings. The third-order valence-electron chi connectivity index (χ3n) is 12.9. The number of aryl methyl sites for hydroxylation is 3. The minimum Gasteiger partial charge on any atom is -0.379 e. The number of ether oxygens (including phenoxy) is 5. The third kappa shape index (κ3) is 40.1. The highest BCUT2D eigenvalue weighted by molar-refractivity contribution is 5.73. The number of morpholine rings is 1. The molecule has 9 rings (SSSR count). The van der Waals surface area contributed by atoms with Crippen molar-refractivity contribution in [3.63, 3.8) is 0 Å². The van der Waals surface area contributed by atoms with E-state index in [0.717, 1.165) is 106 Å². The second-order valence-corrected chi connectivity index (χ2v) is 19.8. The lowest BCUT2D eigenvalue weighted by Gasteiger charge is -2.31. The smallest absolute Gasteiger partial charge is 0.219 e. The van der Waals surface area contributed by atoms with Crippen LogP contribution in [0.5, 0.6) is 0 Å². The number of benzene rings is 3. The van der Waals surface area contributed by atoms with E-state index in [1.807, 2.05) is 64.4 Å². The van der Waals surface area contributed by atoms with Gasteiger partial charge in [0, 0.05) is 147 Å². The van der Waals surface area contributed by atoms with Crippen LogP contribution in [0.2, 0.25) is 0 Å². The Morgan fingerprint density at radius 1 is 0.373 bits per heavy atom. The topological polar surface area (TPSA) is 106 Å². The zero-order valence-electron chi connectivity index (χ0n) is 49.1. The molecule has 0 unspecified atom stereocenters. The lowest BCUT2D eigenvalue weighted by atomic mass is 10.1. The standard InChI is InChI=1S/2C7H14N2O.C7H15NO.3C7H8.C6H13NO2.2C6H13NO/c2*1-7(10)9-5-3-8(2)4-6-9;1-9-7-8-5-3-2-4-6-8;3*1-7-5-3-2-4-6-7;1-8-6-7-2-4-9-5-3-7;2*1-8-6-7-4-2-3-5-7/h2*3-6H2,1-2H3;2-7H2,1H3;3*2-6H,1H3;2-6H2,1H3;2*2-6H2,1H3. The van der Waals surface area contributed by atoms with E-state index in [-0.39, 0.29) is 11.8 Å². The number of hydrogen-bond acceptors (Lipinski definition) is 13. The molecule has 0 atom stereocenters. The van der Waals surface area contributed by atoms with Gasteiger partial charge in [0.1, 0.15) is 0 Å². The fraction of sp³-hybridized carbons (Fsp3) is 0.667. The Kier molecular flexibility index (Phi) is 43.7. The molecule has 75 heavy (non-hydrogen) atoms. The molecule has 6 heterocycles. The summed E-state index contributed by atoms with van der Waals surface area (Å²) < 4.78 is 25.0. The van der Waals surface area contributed by atoms with Gasteiger partial charge in [-0.05, 0) is 73.4 Å². The summed E-state index contributed by atoms with van der Waals surface area (Å²) >= 11 is 0. The number of methoxy groups -OCH3 is 4. The normalized spacial score (nSPS) is 18.2. The van der Waals surface area contributed by atoms with E-state index in [0.29, 0.717) is 0 Å². The predicted octanol–water partition coefficient (Wildman–Crippen LogP) is 7.92. The first kappa shape index (κ1) is 69.2. The number of likely N-dealkylation sites (tertiary alicyclic amines) is 3. The van der Waals surface area contributed by atoms with E-state index < -0.39 is 0 Å². The molecule has 0 radical (unpaired) electrons. The molecule has 3 aromatic carbocycles. The minimum absolute atomic E-state index is 0.202. The zero-order valence-corrected chi connectivity index (χ0v) is 49.1. The van der Waals surface area contributed by atoms with Gasteiger partial charge in [-0.3, -0.25) is 29.2 Å². The van der Waals surface area contributed by atoms with E-state index >= 15 is 0 Å². The molecular weight excluding hydrogens is 945 g/mol. The van der Waals surface area contributed by atoms with E-state index in [1.54, 1.807) is 42.3 Å². The lowest BCUT2D eigenvalue weighted by Crippen LogP contribution is -2.46. The van der Waals surface area contributed by atoms with Crippen molar-refractivity contribution in [2.75, 3.05) is 187 Å². The van der Waals surface area contributed by atoms with Crippen LogP contribution >= 0.6 is 0 Å². The van der Waals surface area contributed by atoms with Crippen molar-refractivity contribution in [2.24, 2.45) is 0 Å². The van der Waals surface area contributed by atoms with Crippen LogP contribution in [-0.4, -0.2) is 238 Å². The van der Waals surface area contributed by atoms with Crippen molar-refractivity contribution >= 4 is 11.8 Å². The first-order valence-corrected chi connectivity index (χ1v) is 27.7. The van der Waals surface area contributed by atoms with Gasteiger partial charge >= 0.3 is 0 Å². The van der Waals surface area contributed by atoms with Crippen LogP contribution in [0.3, 0.4) is 0 Å². The molecule has 0 aromatic heterocycles. The van der Waals surface area contributed by atoms with Gasteiger partial charge in [0.15, 0.2) is 0 Å². The Hall–Kier alpha value is -3.84. The van der Waals surface area contributed by atoms with Gasteiger partial charge in [-0.15, -0.1) is 0 Å². The Bertz CT molecular complexity index is 1530. The molecule has 0 N–H and O–H groups in total. The number of amides is 2. The molecule has 0 aliphatic carbocycles. The van der Waals surface area contributed by atoms with Crippen LogP contribution in [-0.2, 0) is 33.3 Å². The van der Waals surface area contributed by atoms with E-state index in [9.17, 15) is 9.59 Å². The molecule has 2 amide bonds. The lowest BCUT2D eigenvalue weighted by molar-refractivity contribution is -0.131. The number of piperazine rings is 2. The molecular formula is C60H106N8O7. The number of likely N-dealkylation sites (N-methyl/N-ethyl adjacent to an activating group) is 2. The molecule has 0 saturated carbocycles. The van der Waals surface area contributed by atoms with Gasteiger partial charge in [0.2, 0.25) is 11.8 Å². The average molecular weight is 1050 g/mol. The first-order valence-electron chi connectivity index (χ1n) is 27.7. The van der Waals surface area contributed by atoms with Gasteiger partial charge in [-0.2, -0.15) is 0 Å². The van der Waals surface area contributed by atoms with Crippen LogP contribution in [0.15, 0.2) is 91.0 Å². The molecule has 0 bridgehead atoms. The summed E-state index contributed by atoms with van der Waals surface area (Å²) in [5.41, 5.74) is 3.97. The maximum absolute atomic E-state index is 10.8. The second kappa shape index (κ2) is 47.4. The highest BCUT2D eigenvalue weighted by Crippen LogP contribution is 2.08. The maximum Gasteiger partial charge on any atom is 0.219 e. The van der Waals surface area contributed by atoms with Crippen molar-refractivity contribution in [3.05, 3.63) is 108 Å². The van der Waals surface area contributed by atoms with Crippen LogP contribution in [0.1, 0.15) is 75.5 Å². The van der Waals surface area contributed by atoms with E-state index in [1.165, 1.54) is 101 Å². The van der Waals surface area contributed by atoms with Gasteiger partial charge < -0.3 is 43.3 Å². The fourth-order valence-electron chi connectivity index (χ4n) is 8.22. The second-order valence-electron chi connectivity index (χ2n) is 19.8. The van der Waals surface area contributed by atoms with Gasteiger partial charge in [-0.25, -0.2) is 0 Å². The summed E-state index contributed by atoms with van der Waals surface area (Å²) in [6.07, 6.45) is 9.51. The molecule has 15 nitrogen and oxygen atoms in total. The summed E-state index contributed by atoms with van der Waals surface area (Å²) in [6, 6.07) is 30.8. The summed E-state index contributed by atoms with van der Waals surface area (Å²) in [5, 5.41) is 0. The van der Waals surface area contributed by atoms with Crippen molar-refractivity contribution in [1.29, 1.82) is 0 Å². The summed E-state index contributed by atoms with van der Waals surface area (Å²) in [4.78, 5) is 39.1. The van der Waals surface area contributed by atoms with Crippen LogP contribution in [0.4, 0.5) is 0 Å². The number of carbonyl (C=O) groups is 2. The summed E-state index contributed by atoms with van der Waals surface area (Å²) in [7, 11) is 11.1. The van der Waals surface area contributed by atoms with Crippen molar-refractivity contribution in [1.82, 2.24) is 39.2 Å². The Balaban J connectivity index is 0.000000423. The average Bonchev–Trinajstić information content (AvgIpc) is 4.16. The number of carbonyl (C=O) groups excluding carboxylic acids is 2. The maximum atomic E-state index is 10.8. The number of piperidine rings is 1. The fourth-order valence-corrected chi connectivity index (χ4v) is 8.22. The largest absolute Gasteiger partial charge is 0.379 e. The minimum atomic E-state index is 0.202. The Morgan fingerprint density at radius 2 is 0.613 bits per heavy atom. The molecule has 6 aliphatic rings. The number of hydrogen-bond donors (Lipinski definition) is 0. The molecule has 6 aliphatic heterocycles. The van der Waals surface area contributed by atoms with Crippen molar-refractivity contribution < 1.29 is 33.3 Å². The first-order chi connectivity index (χ1) is 36.3. The Labute approximate surface area is 457 Å². The van der Waals surface area contributed by atoms with Crippen LogP contribution in [0.25, 0.3) is 0 Å². The summed E-state index contributed by atoms with van der Waals surface area (Å²) in [6.45, 7) is 31.4. The van der Waals surface area contributed by atoms with Crippen LogP contribution < -0.4 is 0 Å². The van der Waals surface area contributed by atoms with Gasteiger partial charge in [-0.1, -0.05) is 114 Å². The Morgan fingerprint density at radius 3 is 0.827 bits per heavy atom. The van der Waals surface area contributed by atoms with Gasteiger partial charge in [0.05, 0.1) is 40.1 Å². The van der Waals surface area contributed by atoms with Crippen molar-refractivity contribution in [3.8, 4) is 0 Å². The molecule has 6 saturated heterocycles. The molecule has 0 spiro atoms. The van der Waals surface area contributed by atoms with E-state index in [4.69, 9.17) is 23.7 Å². The summed E-state index contributed by atoms with van der Waals surface area (Å²) in [5.74, 6) is 0.404. The SMILES string of the molecule is CC(=O)N1CCN(C)CC1.CC(=O)N1CCN(C)CC1.COCN1CCCC1.COCN1CCCC1.COCN1CCCCC1.COCN1CCOCC1.Cc1ccccc1.Cc1ccccc1.Cc1ccccc1. The highest BCUT2D eigenvalue weighted by Gasteiger charge is 2.16. The quantitative estimate of drug-likeness (QED) is 0.219. The molecule has 15 heteroatoms. The van der Waals surface area contributed by atoms with Crippen molar-refractivity contribution in [2.45, 2.75) is 79.6 Å². The molecule has 6 fully saturated rings. The zero-order chi connectivity index (χ0) is 55.2. The predicted molar refractivity (Wildman–Crippen MR) is 310 cm³/mol. The molecule has 428 valence electrons. The van der Waals surface area contributed by atoms with Crippen LogP contribution in [0, 0.1) is 20.8 Å². The monoisotopic (exact) mass is 1050 g/mol. The number of rotatable bonds is 8. The van der Waals surface area contributed by atoms with E-state index in [2.05, 4.69) is 101 Å². The number of nitrogens with zero attached hydrogens (tertiary/aromatic N) is 8. The highest BCUT2D eigenvalue weighted by atomic mass is 16.5. The van der Waals surface area contributed by atoms with Gasteiger partial charge in [0.25, 0.3) is 0 Å². The third-order valence-corrected chi connectivity index (χ3v) is 12.9.